The first-order valence-electron chi connectivity index (χ1n) is 13.2. The summed E-state index contributed by atoms with van der Waals surface area (Å²) in [5.41, 5.74) is 3.65. The number of ether oxygens (including phenoxy) is 3. The molecular weight excluding hydrogens is 504 g/mol. The van der Waals surface area contributed by atoms with Crippen LogP contribution in [0.1, 0.15) is 49.7 Å². The summed E-state index contributed by atoms with van der Waals surface area (Å²) >= 11 is 1.53. The van der Waals surface area contributed by atoms with Crippen molar-refractivity contribution in [3.8, 4) is 33.3 Å². The number of thiazole rings is 1. The van der Waals surface area contributed by atoms with Crippen molar-refractivity contribution in [2.75, 3.05) is 19.8 Å². The van der Waals surface area contributed by atoms with Gasteiger partial charge in [-0.15, -0.1) is 11.3 Å². The largest absolute Gasteiger partial charge is 0.492 e. The van der Waals surface area contributed by atoms with Crippen LogP contribution in [0.15, 0.2) is 35.4 Å². The molecule has 2 aliphatic rings. The van der Waals surface area contributed by atoms with E-state index in [1.165, 1.54) is 16.0 Å². The van der Waals surface area contributed by atoms with Crippen LogP contribution >= 0.6 is 11.3 Å². The van der Waals surface area contributed by atoms with Gasteiger partial charge in [0.05, 0.1) is 31.6 Å². The predicted molar refractivity (Wildman–Crippen MR) is 144 cm³/mol. The number of rotatable bonds is 7. The maximum Gasteiger partial charge on any atom is 0.352 e. The Morgan fingerprint density at radius 3 is 2.92 bits per heavy atom. The van der Waals surface area contributed by atoms with Crippen LogP contribution in [0.5, 0.6) is 5.75 Å². The number of benzene rings is 1. The van der Waals surface area contributed by atoms with Crippen molar-refractivity contribution in [1.29, 1.82) is 0 Å². The Bertz CT molecular complexity index is 1490. The highest BCUT2D eigenvalue weighted by Gasteiger charge is 2.25. The monoisotopic (exact) mass is 536 g/mol. The molecule has 4 aromatic rings. The molecule has 1 saturated heterocycles. The Labute approximate surface area is 224 Å². The summed E-state index contributed by atoms with van der Waals surface area (Å²) in [6.45, 7) is 6.61. The van der Waals surface area contributed by atoms with Crippen LogP contribution in [0.25, 0.3) is 27.5 Å². The van der Waals surface area contributed by atoms with E-state index in [0.29, 0.717) is 30.7 Å². The van der Waals surface area contributed by atoms with Crippen molar-refractivity contribution < 1.29 is 14.2 Å². The highest BCUT2D eigenvalue weighted by molar-refractivity contribution is 7.14. The number of aryl methyl sites for hydroxylation is 1. The summed E-state index contributed by atoms with van der Waals surface area (Å²) in [6.07, 6.45) is 7.75. The van der Waals surface area contributed by atoms with E-state index < -0.39 is 0 Å². The third-order valence-electron chi connectivity index (χ3n) is 6.90. The SMILES string of the molecule is CC(C)c1nn(C)c(=O)n1-c1nc2c(s1)CCOc1cc(-c3cnn(CCOC4CCCCO4)c3)ccc1-2. The quantitative estimate of drug-likeness (QED) is 0.350. The molecule has 0 bridgehead atoms. The van der Waals surface area contributed by atoms with Crippen molar-refractivity contribution in [2.24, 2.45) is 7.05 Å². The molecule has 1 fully saturated rings. The molecule has 1 atom stereocenters. The molecule has 10 nitrogen and oxygen atoms in total. The minimum absolute atomic E-state index is 0.0922. The van der Waals surface area contributed by atoms with Gasteiger partial charge in [0.15, 0.2) is 11.4 Å². The zero-order chi connectivity index (χ0) is 26.2. The van der Waals surface area contributed by atoms with E-state index in [2.05, 4.69) is 22.3 Å². The van der Waals surface area contributed by atoms with Gasteiger partial charge in [0, 0.05) is 48.2 Å². The van der Waals surface area contributed by atoms with Crippen molar-refractivity contribution in [3.63, 3.8) is 0 Å². The second-order valence-corrected chi connectivity index (χ2v) is 11.1. The lowest BCUT2D eigenvalue weighted by Crippen LogP contribution is -2.24. The Kier molecular flexibility index (Phi) is 6.89. The van der Waals surface area contributed by atoms with Gasteiger partial charge in [0.2, 0.25) is 0 Å². The van der Waals surface area contributed by atoms with Gasteiger partial charge in [-0.3, -0.25) is 4.68 Å². The summed E-state index contributed by atoms with van der Waals surface area (Å²) in [4.78, 5) is 18.9. The van der Waals surface area contributed by atoms with E-state index in [1.807, 2.05) is 37.0 Å². The van der Waals surface area contributed by atoms with Gasteiger partial charge in [-0.1, -0.05) is 19.9 Å². The minimum atomic E-state index is -0.182. The standard InChI is InChI=1S/C27H32N6O4S/c1-17(2)25-30-31(3)27(34)33(25)26-29-24-20-8-7-18(14-21(20)35-12-9-22(24)38-26)19-15-28-32(16-19)10-13-37-23-6-4-5-11-36-23/h7-8,14-17,23H,4-6,9-13H2,1-3H3. The number of hydrogen-bond donors (Lipinski definition) is 0. The Balaban J connectivity index is 1.23. The van der Waals surface area contributed by atoms with Crippen LogP contribution in [0.2, 0.25) is 0 Å². The summed E-state index contributed by atoms with van der Waals surface area (Å²) in [5.74, 6) is 1.59. The van der Waals surface area contributed by atoms with E-state index in [0.717, 1.165) is 65.3 Å². The van der Waals surface area contributed by atoms with Crippen molar-refractivity contribution in [1.82, 2.24) is 29.1 Å². The highest BCUT2D eigenvalue weighted by Crippen LogP contribution is 2.40. The van der Waals surface area contributed by atoms with Gasteiger partial charge < -0.3 is 14.2 Å². The maximum absolute atomic E-state index is 12.9. The fourth-order valence-corrected chi connectivity index (χ4v) is 5.94. The zero-order valence-electron chi connectivity index (χ0n) is 21.9. The third-order valence-corrected chi connectivity index (χ3v) is 8.00. The van der Waals surface area contributed by atoms with Gasteiger partial charge in [0.25, 0.3) is 0 Å². The Morgan fingerprint density at radius 2 is 2.11 bits per heavy atom. The van der Waals surface area contributed by atoms with Gasteiger partial charge in [-0.2, -0.15) is 10.2 Å². The summed E-state index contributed by atoms with van der Waals surface area (Å²) in [7, 11) is 1.67. The van der Waals surface area contributed by atoms with Crippen LogP contribution in [-0.4, -0.2) is 55.2 Å². The molecule has 0 N–H and O–H groups in total. The number of fused-ring (bicyclic) bond motifs is 3. The Hall–Kier alpha value is -3.28. The average Bonchev–Trinajstić information content (AvgIpc) is 3.60. The molecule has 6 rings (SSSR count). The van der Waals surface area contributed by atoms with E-state index in [9.17, 15) is 4.79 Å². The predicted octanol–water partition coefficient (Wildman–Crippen LogP) is 4.16. The molecule has 0 amide bonds. The van der Waals surface area contributed by atoms with Crippen LogP contribution in [0.4, 0.5) is 0 Å². The first-order chi connectivity index (χ1) is 18.5. The molecule has 0 saturated carbocycles. The topological polar surface area (TPSA) is 98.2 Å². The second kappa shape index (κ2) is 10.5. The van der Waals surface area contributed by atoms with Crippen LogP contribution < -0.4 is 10.4 Å². The lowest BCUT2D eigenvalue weighted by Gasteiger charge is -2.22. The summed E-state index contributed by atoms with van der Waals surface area (Å²) in [5, 5.41) is 9.60. The fraction of sp³-hybridized carbons (Fsp3) is 0.481. The lowest BCUT2D eigenvalue weighted by atomic mass is 10.0. The zero-order valence-corrected chi connectivity index (χ0v) is 22.7. The first-order valence-corrected chi connectivity index (χ1v) is 14.0. The molecular formula is C27H32N6O4S. The van der Waals surface area contributed by atoms with Gasteiger partial charge >= 0.3 is 5.69 Å². The number of aromatic nitrogens is 6. The van der Waals surface area contributed by atoms with Crippen LogP contribution in [0.3, 0.4) is 0 Å². The Morgan fingerprint density at radius 1 is 1.21 bits per heavy atom. The summed E-state index contributed by atoms with van der Waals surface area (Å²) < 4.78 is 22.5. The second-order valence-electron chi connectivity index (χ2n) is 9.99. The van der Waals surface area contributed by atoms with E-state index in [1.54, 1.807) is 11.6 Å². The molecule has 2 aliphatic heterocycles. The van der Waals surface area contributed by atoms with Gasteiger partial charge in [0.1, 0.15) is 11.6 Å². The normalized spacial score (nSPS) is 17.2. The first kappa shape index (κ1) is 25.0. The summed E-state index contributed by atoms with van der Waals surface area (Å²) in [6, 6.07) is 6.17. The lowest BCUT2D eigenvalue weighted by molar-refractivity contribution is -0.163. The fourth-order valence-electron chi connectivity index (χ4n) is 4.88. The van der Waals surface area contributed by atoms with Gasteiger partial charge in [-0.05, 0) is 37.0 Å². The van der Waals surface area contributed by atoms with E-state index >= 15 is 0 Å². The molecule has 11 heteroatoms. The average molecular weight is 537 g/mol. The van der Waals surface area contributed by atoms with Crippen LogP contribution in [0, 0.1) is 0 Å². The smallest absolute Gasteiger partial charge is 0.352 e. The van der Waals surface area contributed by atoms with Crippen LogP contribution in [-0.2, 0) is 29.5 Å². The van der Waals surface area contributed by atoms with Gasteiger partial charge in [-0.25, -0.2) is 19.0 Å². The van der Waals surface area contributed by atoms with E-state index in [-0.39, 0.29) is 17.9 Å². The highest BCUT2D eigenvalue weighted by atomic mass is 32.1. The minimum Gasteiger partial charge on any atom is -0.492 e. The van der Waals surface area contributed by atoms with E-state index in [4.69, 9.17) is 19.2 Å². The molecule has 1 aromatic carbocycles. The molecule has 1 unspecified atom stereocenters. The molecule has 5 heterocycles. The molecule has 0 aliphatic carbocycles. The number of nitrogens with zero attached hydrogens (tertiary/aromatic N) is 6. The molecule has 0 spiro atoms. The molecule has 0 radical (unpaired) electrons. The number of hydrogen-bond acceptors (Lipinski definition) is 8. The molecule has 200 valence electrons. The maximum atomic E-state index is 12.9. The van der Waals surface area contributed by atoms with Crippen molar-refractivity contribution >= 4 is 11.3 Å². The molecule has 38 heavy (non-hydrogen) atoms. The third kappa shape index (κ3) is 4.81. The van der Waals surface area contributed by atoms with Crippen molar-refractivity contribution in [3.05, 3.63) is 51.8 Å². The molecule has 3 aromatic heterocycles. The van der Waals surface area contributed by atoms with Crippen molar-refractivity contribution in [2.45, 2.75) is 58.3 Å².